The topological polar surface area (TPSA) is 95.9 Å². The molecule has 2 atom stereocenters. The number of hydrogen-bond acceptors (Lipinski definition) is 5. The molecule has 0 aliphatic carbocycles. The van der Waals surface area contributed by atoms with E-state index in [2.05, 4.69) is 20.8 Å². The van der Waals surface area contributed by atoms with Crippen LogP contribution in [0.1, 0.15) is 19.4 Å². The van der Waals surface area contributed by atoms with E-state index in [1.165, 1.54) is 0 Å². The van der Waals surface area contributed by atoms with Crippen LogP contribution in [0.15, 0.2) is 29.7 Å². The van der Waals surface area contributed by atoms with Crippen LogP contribution < -0.4 is 10.6 Å². The Morgan fingerprint density at radius 3 is 2.96 bits per heavy atom. The lowest BCUT2D eigenvalue weighted by molar-refractivity contribution is -0.115. The first-order valence-corrected chi connectivity index (χ1v) is 8.01. The highest BCUT2D eigenvalue weighted by Crippen LogP contribution is 2.27. The summed E-state index contributed by atoms with van der Waals surface area (Å²) < 4.78 is 0. The molecule has 1 aromatic rings. The first kappa shape index (κ1) is 16.2. The minimum absolute atomic E-state index is 0.0646. The average Bonchev–Trinajstić information content (AvgIpc) is 3.13. The maximum atomic E-state index is 12.4. The number of urea groups is 1. The van der Waals surface area contributed by atoms with Crippen molar-refractivity contribution in [3.05, 3.63) is 30.1 Å². The minimum atomic E-state index is -0.266. The van der Waals surface area contributed by atoms with Gasteiger partial charge in [0.05, 0.1) is 12.5 Å². The van der Waals surface area contributed by atoms with Gasteiger partial charge in [0.2, 0.25) is 0 Å². The van der Waals surface area contributed by atoms with Gasteiger partial charge in [0.1, 0.15) is 0 Å². The van der Waals surface area contributed by atoms with Gasteiger partial charge in [0.15, 0.2) is 11.8 Å². The molecule has 3 heterocycles. The molecule has 2 N–H and O–H groups in total. The molecule has 1 fully saturated rings. The van der Waals surface area contributed by atoms with Crippen molar-refractivity contribution >= 4 is 17.6 Å². The van der Waals surface area contributed by atoms with Crippen LogP contribution in [-0.2, 0) is 16.2 Å². The summed E-state index contributed by atoms with van der Waals surface area (Å²) in [7, 11) is 0. The lowest BCUT2D eigenvalue weighted by Crippen LogP contribution is -2.43. The van der Waals surface area contributed by atoms with Crippen LogP contribution in [0.25, 0.3) is 0 Å². The molecule has 0 saturated carbocycles. The third-order valence-electron chi connectivity index (χ3n) is 4.01. The second-order valence-corrected chi connectivity index (χ2v) is 6.28. The lowest BCUT2D eigenvalue weighted by atomic mass is 10.0. The van der Waals surface area contributed by atoms with Crippen LogP contribution in [0.5, 0.6) is 0 Å². The molecule has 2 unspecified atom stereocenters. The Balaban J connectivity index is 1.56. The molecule has 2 aliphatic rings. The predicted molar refractivity (Wildman–Crippen MR) is 87.1 cm³/mol. The maximum Gasteiger partial charge on any atom is 0.317 e. The number of rotatable bonds is 4. The van der Waals surface area contributed by atoms with Crippen molar-refractivity contribution in [2.75, 3.05) is 13.1 Å². The number of nitrogens with zero attached hydrogens (tertiary/aromatic N) is 3. The molecule has 3 rings (SSSR count). The Hall–Kier alpha value is -2.64. The number of hydrogen-bond donors (Lipinski definition) is 2. The summed E-state index contributed by atoms with van der Waals surface area (Å²) in [6.07, 6.45) is 3.13. The van der Waals surface area contributed by atoms with E-state index in [1.54, 1.807) is 17.3 Å². The first-order valence-electron chi connectivity index (χ1n) is 8.01. The molecule has 0 radical (unpaired) electrons. The van der Waals surface area contributed by atoms with Gasteiger partial charge in [-0.1, -0.05) is 11.2 Å². The van der Waals surface area contributed by atoms with Gasteiger partial charge in [0, 0.05) is 31.5 Å². The molecular weight excluding hydrogens is 310 g/mol. The zero-order valence-electron chi connectivity index (χ0n) is 13.7. The Labute approximate surface area is 140 Å². The molecule has 24 heavy (non-hydrogen) atoms. The first-order chi connectivity index (χ1) is 11.5. The summed E-state index contributed by atoms with van der Waals surface area (Å²) in [6.45, 7) is 5.06. The number of likely N-dealkylation sites (tertiary alicyclic amines) is 1. The van der Waals surface area contributed by atoms with Gasteiger partial charge in [-0.15, -0.1) is 0 Å². The van der Waals surface area contributed by atoms with Gasteiger partial charge in [-0.25, -0.2) is 4.79 Å². The average molecular weight is 331 g/mol. The van der Waals surface area contributed by atoms with E-state index in [-0.39, 0.29) is 30.0 Å². The monoisotopic (exact) mass is 331 g/mol. The van der Waals surface area contributed by atoms with Gasteiger partial charge in [-0.05, 0) is 25.5 Å². The Kier molecular flexibility index (Phi) is 4.64. The summed E-state index contributed by atoms with van der Waals surface area (Å²) in [5.41, 5.74) is 1.26. The predicted octanol–water partition coefficient (Wildman–Crippen LogP) is 0.502. The minimum Gasteiger partial charge on any atom is -0.389 e. The molecule has 128 valence electrons. The van der Waals surface area contributed by atoms with Gasteiger partial charge in [-0.3, -0.25) is 9.78 Å². The number of pyridine rings is 1. The quantitative estimate of drug-likeness (QED) is 0.840. The number of oxime groups is 1. The largest absolute Gasteiger partial charge is 0.389 e. The second kappa shape index (κ2) is 6.86. The SMILES string of the molecule is CC(C)NC(=O)N1CC2ON=C(C(=O)NCc3cccnc3)C2C1. The Bertz CT molecular complexity index is 646. The van der Waals surface area contributed by atoms with Gasteiger partial charge in [0.25, 0.3) is 5.91 Å². The molecule has 0 bridgehead atoms. The summed E-state index contributed by atoms with van der Waals surface area (Å²) in [5.74, 6) is -0.450. The van der Waals surface area contributed by atoms with Crippen molar-refractivity contribution in [1.29, 1.82) is 0 Å². The molecule has 2 aliphatic heterocycles. The van der Waals surface area contributed by atoms with Crippen LogP contribution in [0.4, 0.5) is 4.79 Å². The number of fused-ring (bicyclic) bond motifs is 1. The second-order valence-electron chi connectivity index (χ2n) is 6.28. The lowest BCUT2D eigenvalue weighted by Gasteiger charge is -2.19. The fourth-order valence-corrected chi connectivity index (χ4v) is 2.83. The number of amides is 3. The van der Waals surface area contributed by atoms with E-state index in [4.69, 9.17) is 4.84 Å². The number of nitrogens with one attached hydrogen (secondary N) is 2. The van der Waals surface area contributed by atoms with Crippen LogP contribution in [0.3, 0.4) is 0 Å². The Morgan fingerprint density at radius 1 is 1.42 bits per heavy atom. The van der Waals surface area contributed by atoms with Gasteiger partial charge < -0.3 is 20.4 Å². The van der Waals surface area contributed by atoms with E-state index in [1.807, 2.05) is 26.0 Å². The van der Waals surface area contributed by atoms with Crippen molar-refractivity contribution in [3.63, 3.8) is 0 Å². The summed E-state index contributed by atoms with van der Waals surface area (Å²) in [6, 6.07) is 3.62. The van der Waals surface area contributed by atoms with E-state index in [0.717, 1.165) is 5.56 Å². The van der Waals surface area contributed by atoms with E-state index >= 15 is 0 Å². The van der Waals surface area contributed by atoms with E-state index in [9.17, 15) is 9.59 Å². The van der Waals surface area contributed by atoms with Crippen molar-refractivity contribution in [3.8, 4) is 0 Å². The molecular formula is C16H21N5O3. The van der Waals surface area contributed by atoms with Crippen molar-refractivity contribution < 1.29 is 14.4 Å². The summed E-state index contributed by atoms with van der Waals surface area (Å²) >= 11 is 0. The molecule has 0 aromatic carbocycles. The summed E-state index contributed by atoms with van der Waals surface area (Å²) in [5, 5.41) is 9.59. The fraction of sp³-hybridized carbons (Fsp3) is 0.500. The van der Waals surface area contributed by atoms with Crippen LogP contribution in [0.2, 0.25) is 0 Å². The van der Waals surface area contributed by atoms with Gasteiger partial charge in [-0.2, -0.15) is 0 Å². The Morgan fingerprint density at radius 2 is 2.25 bits per heavy atom. The maximum absolute atomic E-state index is 12.4. The number of carbonyl (C=O) groups excluding carboxylic acids is 2. The van der Waals surface area contributed by atoms with Crippen molar-refractivity contribution in [2.45, 2.75) is 32.5 Å². The van der Waals surface area contributed by atoms with Crippen LogP contribution >= 0.6 is 0 Å². The third-order valence-corrected chi connectivity index (χ3v) is 4.01. The number of aromatic nitrogens is 1. The summed E-state index contributed by atoms with van der Waals surface area (Å²) in [4.78, 5) is 35.5. The highest BCUT2D eigenvalue weighted by atomic mass is 16.6. The highest BCUT2D eigenvalue weighted by molar-refractivity contribution is 6.40. The number of carbonyl (C=O) groups is 2. The molecule has 8 heteroatoms. The van der Waals surface area contributed by atoms with E-state index < -0.39 is 0 Å². The highest BCUT2D eigenvalue weighted by Gasteiger charge is 2.46. The van der Waals surface area contributed by atoms with Crippen LogP contribution in [0, 0.1) is 5.92 Å². The van der Waals surface area contributed by atoms with Crippen molar-refractivity contribution in [2.24, 2.45) is 11.1 Å². The molecule has 1 saturated heterocycles. The molecule has 8 nitrogen and oxygen atoms in total. The van der Waals surface area contributed by atoms with Crippen LogP contribution in [-0.4, -0.2) is 52.8 Å². The van der Waals surface area contributed by atoms with E-state index in [0.29, 0.717) is 25.3 Å². The standard InChI is InChI=1S/C16H21N5O3/c1-10(2)19-16(23)21-8-12-13(9-21)24-20-14(12)15(22)18-7-11-4-3-5-17-6-11/h3-6,10,12-13H,7-9H2,1-2H3,(H,18,22)(H,19,23). The third kappa shape index (κ3) is 3.47. The zero-order chi connectivity index (χ0) is 17.1. The molecule has 1 aromatic heterocycles. The zero-order valence-corrected chi connectivity index (χ0v) is 13.7. The smallest absolute Gasteiger partial charge is 0.317 e. The normalized spacial score (nSPS) is 22.0. The fourth-order valence-electron chi connectivity index (χ4n) is 2.83. The van der Waals surface area contributed by atoms with Crippen molar-refractivity contribution in [1.82, 2.24) is 20.5 Å². The molecule has 3 amide bonds. The molecule has 0 spiro atoms. The van der Waals surface area contributed by atoms with Gasteiger partial charge >= 0.3 is 6.03 Å².